The van der Waals surface area contributed by atoms with Gasteiger partial charge in [-0.25, -0.2) is 9.07 Å². The van der Waals surface area contributed by atoms with Gasteiger partial charge in [0.2, 0.25) is 5.91 Å². The third-order valence-corrected chi connectivity index (χ3v) is 3.62. The van der Waals surface area contributed by atoms with Crippen LogP contribution in [0.1, 0.15) is 43.4 Å². The number of rotatable bonds is 2. The zero-order valence-electron chi connectivity index (χ0n) is 11.4. The number of hydrogen-bond donors (Lipinski definition) is 1. The fraction of sp³-hybridized carbons (Fsp3) is 0.333. The topological polar surface area (TPSA) is 46.9 Å². The van der Waals surface area contributed by atoms with E-state index in [4.69, 9.17) is 0 Å². The molecule has 1 N–H and O–H groups in total. The summed E-state index contributed by atoms with van der Waals surface area (Å²) in [6, 6.07) is 6.74. The molecule has 0 aliphatic carbocycles. The van der Waals surface area contributed by atoms with Crippen LogP contribution in [0.5, 0.6) is 0 Å². The highest BCUT2D eigenvalue weighted by Gasteiger charge is 2.31. The highest BCUT2D eigenvalue weighted by Crippen LogP contribution is 2.38. The van der Waals surface area contributed by atoms with Crippen molar-refractivity contribution in [3.05, 3.63) is 47.4 Å². The highest BCUT2D eigenvalue weighted by molar-refractivity contribution is 5.94. The standard InChI is InChI=1S/C15H16FN3O/c1-9(2)19-15-12(8-17-19)11(7-14(20)18-15)10-5-3-4-6-13(10)16/h3-6,8-9,11H,7H2,1-2H3,(H,18,20)/t11-/m1/s1. The summed E-state index contributed by atoms with van der Waals surface area (Å²) in [6.45, 7) is 3.98. The Bertz CT molecular complexity index is 663. The Hall–Kier alpha value is -2.17. The van der Waals surface area contributed by atoms with E-state index in [0.29, 0.717) is 11.4 Å². The molecule has 1 aromatic carbocycles. The molecule has 2 aromatic rings. The van der Waals surface area contributed by atoms with Gasteiger partial charge in [-0.05, 0) is 25.5 Å². The maximum absolute atomic E-state index is 14.0. The Morgan fingerprint density at radius 3 is 2.80 bits per heavy atom. The second-order valence-electron chi connectivity index (χ2n) is 5.31. The summed E-state index contributed by atoms with van der Waals surface area (Å²) in [5.41, 5.74) is 1.43. The zero-order valence-corrected chi connectivity index (χ0v) is 11.4. The number of amides is 1. The van der Waals surface area contributed by atoms with Gasteiger partial charge >= 0.3 is 0 Å². The predicted molar refractivity (Wildman–Crippen MR) is 74.1 cm³/mol. The number of carbonyl (C=O) groups excluding carboxylic acids is 1. The molecule has 1 amide bonds. The second kappa shape index (κ2) is 4.74. The molecule has 1 aromatic heterocycles. The Balaban J connectivity index is 2.12. The summed E-state index contributed by atoms with van der Waals surface area (Å²) in [4.78, 5) is 11.9. The van der Waals surface area contributed by atoms with E-state index in [1.807, 2.05) is 13.8 Å². The number of nitrogens with zero attached hydrogens (tertiary/aromatic N) is 2. The van der Waals surface area contributed by atoms with Crippen LogP contribution >= 0.6 is 0 Å². The minimum absolute atomic E-state index is 0.104. The van der Waals surface area contributed by atoms with Gasteiger partial charge in [-0.15, -0.1) is 0 Å². The van der Waals surface area contributed by atoms with Crippen molar-refractivity contribution in [3.63, 3.8) is 0 Å². The van der Waals surface area contributed by atoms with Gasteiger partial charge in [0.05, 0.1) is 6.20 Å². The smallest absolute Gasteiger partial charge is 0.226 e. The van der Waals surface area contributed by atoms with Crippen molar-refractivity contribution in [2.45, 2.75) is 32.2 Å². The number of carbonyl (C=O) groups is 1. The molecule has 0 unspecified atom stereocenters. The molecular weight excluding hydrogens is 257 g/mol. The van der Waals surface area contributed by atoms with Crippen molar-refractivity contribution in [1.29, 1.82) is 0 Å². The summed E-state index contributed by atoms with van der Waals surface area (Å²) < 4.78 is 15.8. The molecule has 0 saturated heterocycles. The molecule has 0 spiro atoms. The van der Waals surface area contributed by atoms with Crippen LogP contribution in [0.15, 0.2) is 30.5 Å². The van der Waals surface area contributed by atoms with Crippen LogP contribution in [0.2, 0.25) is 0 Å². The lowest BCUT2D eigenvalue weighted by atomic mass is 9.87. The van der Waals surface area contributed by atoms with Crippen LogP contribution in [0.25, 0.3) is 0 Å². The van der Waals surface area contributed by atoms with Crippen LogP contribution in [0, 0.1) is 5.82 Å². The Morgan fingerprint density at radius 2 is 2.10 bits per heavy atom. The minimum Gasteiger partial charge on any atom is -0.311 e. The van der Waals surface area contributed by atoms with Crippen LogP contribution in [0.4, 0.5) is 10.2 Å². The van der Waals surface area contributed by atoms with Gasteiger partial charge in [0.1, 0.15) is 11.6 Å². The first-order valence-corrected chi connectivity index (χ1v) is 6.69. The number of aromatic nitrogens is 2. The van der Waals surface area contributed by atoms with Gasteiger partial charge in [-0.1, -0.05) is 18.2 Å². The average molecular weight is 273 g/mol. The molecular formula is C15H16FN3O. The largest absolute Gasteiger partial charge is 0.311 e. The fourth-order valence-electron chi connectivity index (χ4n) is 2.67. The molecule has 20 heavy (non-hydrogen) atoms. The van der Waals surface area contributed by atoms with E-state index in [0.717, 1.165) is 5.56 Å². The first-order chi connectivity index (χ1) is 9.58. The van der Waals surface area contributed by atoms with Gasteiger partial charge in [0.15, 0.2) is 0 Å². The molecule has 5 heteroatoms. The van der Waals surface area contributed by atoms with Gasteiger partial charge in [-0.2, -0.15) is 5.10 Å². The third kappa shape index (κ3) is 1.99. The van der Waals surface area contributed by atoms with Gasteiger partial charge in [-0.3, -0.25) is 4.79 Å². The van der Waals surface area contributed by atoms with Crippen molar-refractivity contribution in [2.75, 3.05) is 5.32 Å². The lowest BCUT2D eigenvalue weighted by Gasteiger charge is -2.24. The van der Waals surface area contributed by atoms with E-state index in [9.17, 15) is 9.18 Å². The van der Waals surface area contributed by atoms with E-state index in [-0.39, 0.29) is 30.1 Å². The van der Waals surface area contributed by atoms with E-state index in [1.54, 1.807) is 29.1 Å². The number of hydrogen-bond acceptors (Lipinski definition) is 2. The number of anilines is 1. The van der Waals surface area contributed by atoms with Crippen LogP contribution in [0.3, 0.4) is 0 Å². The first-order valence-electron chi connectivity index (χ1n) is 6.69. The van der Waals surface area contributed by atoms with E-state index >= 15 is 0 Å². The van der Waals surface area contributed by atoms with Crippen LogP contribution < -0.4 is 5.32 Å². The molecule has 0 fully saturated rings. The second-order valence-corrected chi connectivity index (χ2v) is 5.31. The zero-order chi connectivity index (χ0) is 14.3. The lowest BCUT2D eigenvalue weighted by Crippen LogP contribution is -2.25. The monoisotopic (exact) mass is 273 g/mol. The molecule has 1 atom stereocenters. The molecule has 1 aliphatic heterocycles. The molecule has 0 radical (unpaired) electrons. The Kier molecular flexibility index (Phi) is 3.04. The number of halogens is 1. The molecule has 0 saturated carbocycles. The number of benzene rings is 1. The van der Waals surface area contributed by atoms with Gasteiger partial charge in [0.25, 0.3) is 0 Å². The van der Waals surface area contributed by atoms with Crippen molar-refractivity contribution < 1.29 is 9.18 Å². The maximum atomic E-state index is 14.0. The van der Waals surface area contributed by atoms with Crippen molar-refractivity contribution in [1.82, 2.24) is 9.78 Å². The van der Waals surface area contributed by atoms with Crippen LogP contribution in [-0.2, 0) is 4.79 Å². The molecule has 4 nitrogen and oxygen atoms in total. The first kappa shape index (κ1) is 12.8. The normalized spacial score (nSPS) is 18.0. The SMILES string of the molecule is CC(C)n1ncc2c1NC(=O)C[C@@H]2c1ccccc1F. The van der Waals surface area contributed by atoms with E-state index in [1.165, 1.54) is 6.07 Å². The quantitative estimate of drug-likeness (QED) is 0.914. The van der Waals surface area contributed by atoms with Gasteiger partial charge < -0.3 is 5.32 Å². The maximum Gasteiger partial charge on any atom is 0.226 e. The van der Waals surface area contributed by atoms with Crippen molar-refractivity contribution >= 4 is 11.7 Å². The molecule has 2 heterocycles. The van der Waals surface area contributed by atoms with E-state index in [2.05, 4.69) is 10.4 Å². The number of fused-ring (bicyclic) bond motifs is 1. The summed E-state index contributed by atoms with van der Waals surface area (Å²) in [5.74, 6) is 0.0283. The molecule has 3 rings (SSSR count). The summed E-state index contributed by atoms with van der Waals surface area (Å²) >= 11 is 0. The summed E-state index contributed by atoms with van der Waals surface area (Å²) in [6.07, 6.45) is 1.98. The minimum atomic E-state index is -0.282. The molecule has 0 bridgehead atoms. The van der Waals surface area contributed by atoms with Crippen molar-refractivity contribution in [3.8, 4) is 0 Å². The predicted octanol–water partition coefficient (Wildman–Crippen LogP) is 3.08. The van der Waals surface area contributed by atoms with Crippen molar-refractivity contribution in [2.24, 2.45) is 0 Å². The average Bonchev–Trinajstić information content (AvgIpc) is 2.82. The van der Waals surface area contributed by atoms with Gasteiger partial charge in [0, 0.05) is 23.9 Å². The van der Waals surface area contributed by atoms with Crippen LogP contribution in [-0.4, -0.2) is 15.7 Å². The lowest BCUT2D eigenvalue weighted by molar-refractivity contribution is -0.116. The summed E-state index contributed by atoms with van der Waals surface area (Å²) in [5, 5.41) is 7.16. The fourth-order valence-corrected chi connectivity index (χ4v) is 2.67. The Morgan fingerprint density at radius 1 is 1.35 bits per heavy atom. The summed E-state index contributed by atoms with van der Waals surface area (Å²) in [7, 11) is 0. The Labute approximate surface area is 116 Å². The molecule has 104 valence electrons. The molecule has 1 aliphatic rings. The third-order valence-electron chi connectivity index (χ3n) is 3.62. The number of nitrogens with one attached hydrogen (secondary N) is 1. The highest BCUT2D eigenvalue weighted by atomic mass is 19.1. The van der Waals surface area contributed by atoms with E-state index < -0.39 is 0 Å².